The zero-order chi connectivity index (χ0) is 13.7. The minimum Gasteiger partial charge on any atom is -0.482 e. The lowest BCUT2D eigenvalue weighted by molar-refractivity contribution is 0.258. The molecular weight excluding hydrogens is 244 g/mol. The van der Waals surface area contributed by atoms with E-state index in [9.17, 15) is 0 Å². The van der Waals surface area contributed by atoms with Gasteiger partial charge in [-0.15, -0.1) is 10.2 Å². The molecule has 0 aliphatic carbocycles. The van der Waals surface area contributed by atoms with Crippen molar-refractivity contribution in [3.05, 3.63) is 35.8 Å². The van der Waals surface area contributed by atoms with Crippen LogP contribution in [-0.4, -0.2) is 21.2 Å². The van der Waals surface area contributed by atoms with E-state index >= 15 is 0 Å². The molecule has 0 saturated heterocycles. The molecule has 0 amide bonds. The van der Waals surface area contributed by atoms with Crippen molar-refractivity contribution in [3.8, 4) is 5.75 Å². The summed E-state index contributed by atoms with van der Waals surface area (Å²) < 4.78 is 10.9. The van der Waals surface area contributed by atoms with Crippen LogP contribution in [0.25, 0.3) is 0 Å². The van der Waals surface area contributed by atoms with Crippen LogP contribution in [0.1, 0.15) is 31.3 Å². The van der Waals surface area contributed by atoms with Crippen molar-refractivity contribution in [1.82, 2.24) is 15.2 Å². The van der Waals surface area contributed by atoms with Gasteiger partial charge in [0.05, 0.1) is 6.20 Å². The van der Waals surface area contributed by atoms with Gasteiger partial charge < -0.3 is 14.9 Å². The third kappa shape index (κ3) is 4.03. The fourth-order valence-electron chi connectivity index (χ4n) is 1.58. The Morgan fingerprint density at radius 1 is 1.32 bits per heavy atom. The van der Waals surface area contributed by atoms with Gasteiger partial charge in [0, 0.05) is 24.6 Å². The molecule has 1 atom stereocenters. The van der Waals surface area contributed by atoms with Crippen molar-refractivity contribution in [2.24, 2.45) is 5.73 Å². The summed E-state index contributed by atoms with van der Waals surface area (Å²) >= 11 is 0. The molecule has 2 N–H and O–H groups in total. The van der Waals surface area contributed by atoms with Gasteiger partial charge in [-0.05, 0) is 19.1 Å². The van der Waals surface area contributed by atoms with Gasteiger partial charge in [-0.25, -0.2) is 0 Å². The molecule has 1 unspecified atom stereocenters. The van der Waals surface area contributed by atoms with Crippen LogP contribution >= 0.6 is 0 Å². The van der Waals surface area contributed by atoms with Crippen LogP contribution in [0.4, 0.5) is 0 Å². The molecule has 2 aromatic rings. The number of nitrogens with two attached hydrogens (primary N) is 1. The molecule has 19 heavy (non-hydrogen) atoms. The van der Waals surface area contributed by atoms with Crippen LogP contribution in [0.3, 0.4) is 0 Å². The molecule has 0 radical (unpaired) electrons. The van der Waals surface area contributed by atoms with E-state index in [1.807, 2.05) is 26.0 Å². The summed E-state index contributed by atoms with van der Waals surface area (Å²) in [7, 11) is 0. The van der Waals surface area contributed by atoms with E-state index in [1.165, 1.54) is 0 Å². The molecule has 0 fully saturated rings. The third-order valence-corrected chi connectivity index (χ3v) is 2.50. The Kier molecular flexibility index (Phi) is 4.46. The molecule has 0 spiro atoms. The summed E-state index contributed by atoms with van der Waals surface area (Å²) in [5.41, 5.74) is 6.67. The Morgan fingerprint density at radius 2 is 2.11 bits per heavy atom. The molecule has 0 saturated carbocycles. The number of hydrogen-bond acceptors (Lipinski definition) is 6. The van der Waals surface area contributed by atoms with Gasteiger partial charge in [0.1, 0.15) is 5.75 Å². The van der Waals surface area contributed by atoms with E-state index in [0.29, 0.717) is 17.5 Å². The smallest absolute Gasteiger partial charge is 0.253 e. The minimum atomic E-state index is 0.102. The number of aryl methyl sites for hydroxylation is 1. The highest BCUT2D eigenvalue weighted by Crippen LogP contribution is 2.12. The Labute approximate surface area is 112 Å². The average Bonchev–Trinajstić information content (AvgIpc) is 2.85. The van der Waals surface area contributed by atoms with E-state index in [1.54, 1.807) is 6.20 Å². The summed E-state index contributed by atoms with van der Waals surface area (Å²) in [5, 5.41) is 7.75. The van der Waals surface area contributed by atoms with Crippen LogP contribution in [0.15, 0.2) is 22.7 Å². The van der Waals surface area contributed by atoms with E-state index in [4.69, 9.17) is 14.9 Å². The van der Waals surface area contributed by atoms with Crippen molar-refractivity contribution in [1.29, 1.82) is 0 Å². The molecule has 0 aromatic carbocycles. The highest BCUT2D eigenvalue weighted by molar-refractivity contribution is 5.20. The first kappa shape index (κ1) is 13.5. The minimum absolute atomic E-state index is 0.102. The van der Waals surface area contributed by atoms with Gasteiger partial charge in [-0.3, -0.25) is 4.98 Å². The number of ether oxygens (including phenoxy) is 1. The van der Waals surface area contributed by atoms with Gasteiger partial charge >= 0.3 is 0 Å². The van der Waals surface area contributed by atoms with E-state index in [2.05, 4.69) is 15.2 Å². The molecular formula is C13H18N4O2. The predicted molar refractivity (Wildman–Crippen MR) is 69.6 cm³/mol. The lowest BCUT2D eigenvalue weighted by atomic mass is 10.2. The van der Waals surface area contributed by atoms with Crippen LogP contribution < -0.4 is 10.5 Å². The highest BCUT2D eigenvalue weighted by atomic mass is 16.5. The van der Waals surface area contributed by atoms with Crippen LogP contribution in [0.2, 0.25) is 0 Å². The first-order valence-electron chi connectivity index (χ1n) is 6.32. The van der Waals surface area contributed by atoms with Crippen LogP contribution in [0, 0.1) is 0 Å². The van der Waals surface area contributed by atoms with Crippen LogP contribution in [-0.2, 0) is 19.4 Å². The number of nitrogens with zero attached hydrogens (tertiary/aromatic N) is 3. The van der Waals surface area contributed by atoms with Crippen molar-refractivity contribution in [3.63, 3.8) is 0 Å². The maximum Gasteiger partial charge on any atom is 0.253 e. The Bertz CT molecular complexity index is 508. The normalized spacial score (nSPS) is 12.4. The summed E-state index contributed by atoms with van der Waals surface area (Å²) in [6.45, 7) is 4.16. The second-order valence-corrected chi connectivity index (χ2v) is 4.40. The van der Waals surface area contributed by atoms with E-state index < -0.39 is 0 Å². The summed E-state index contributed by atoms with van der Waals surface area (Å²) in [6.07, 6.45) is 3.15. The number of rotatable bonds is 6. The monoisotopic (exact) mass is 262 g/mol. The summed E-state index contributed by atoms with van der Waals surface area (Å²) in [5.74, 6) is 1.75. The quantitative estimate of drug-likeness (QED) is 0.848. The summed E-state index contributed by atoms with van der Waals surface area (Å²) in [6, 6.07) is 3.87. The topological polar surface area (TPSA) is 87.1 Å². The first-order chi connectivity index (χ1) is 9.17. The largest absolute Gasteiger partial charge is 0.482 e. The second-order valence-electron chi connectivity index (χ2n) is 4.40. The van der Waals surface area contributed by atoms with E-state index in [-0.39, 0.29) is 12.6 Å². The Morgan fingerprint density at radius 3 is 2.68 bits per heavy atom. The standard InChI is InChI=1S/C13H18N4O2/c1-3-12-16-17-13(19-12)8-18-11-5-4-10(15-7-11)6-9(2)14/h4-5,7,9H,3,6,8,14H2,1-2H3. The zero-order valence-electron chi connectivity index (χ0n) is 11.2. The van der Waals surface area contributed by atoms with Gasteiger partial charge in [0.2, 0.25) is 5.89 Å². The van der Waals surface area contributed by atoms with Crippen molar-refractivity contribution in [2.75, 3.05) is 0 Å². The van der Waals surface area contributed by atoms with Crippen molar-refractivity contribution < 1.29 is 9.15 Å². The fraction of sp³-hybridized carbons (Fsp3) is 0.462. The number of pyridine rings is 1. The first-order valence-corrected chi connectivity index (χ1v) is 6.32. The lowest BCUT2D eigenvalue weighted by Gasteiger charge is -2.06. The zero-order valence-corrected chi connectivity index (χ0v) is 11.2. The fourth-order valence-corrected chi connectivity index (χ4v) is 1.58. The Hall–Kier alpha value is -1.95. The molecule has 6 nitrogen and oxygen atoms in total. The summed E-state index contributed by atoms with van der Waals surface area (Å²) in [4.78, 5) is 4.28. The predicted octanol–water partition coefficient (Wildman–Crippen LogP) is 1.50. The molecule has 2 heterocycles. The number of aromatic nitrogens is 3. The molecule has 0 aliphatic heterocycles. The Balaban J connectivity index is 1.89. The highest BCUT2D eigenvalue weighted by Gasteiger charge is 2.05. The van der Waals surface area contributed by atoms with E-state index in [0.717, 1.165) is 18.5 Å². The molecule has 6 heteroatoms. The molecule has 102 valence electrons. The molecule has 2 rings (SSSR count). The molecule has 0 aliphatic rings. The second kappa shape index (κ2) is 6.29. The van der Waals surface area contributed by atoms with Crippen molar-refractivity contribution >= 4 is 0 Å². The van der Waals surface area contributed by atoms with Gasteiger partial charge in [0.15, 0.2) is 6.61 Å². The third-order valence-electron chi connectivity index (χ3n) is 2.50. The lowest BCUT2D eigenvalue weighted by Crippen LogP contribution is -2.18. The van der Waals surface area contributed by atoms with Gasteiger partial charge in [0.25, 0.3) is 5.89 Å². The van der Waals surface area contributed by atoms with Gasteiger partial charge in [-0.1, -0.05) is 6.92 Å². The average molecular weight is 262 g/mol. The number of hydrogen-bond donors (Lipinski definition) is 1. The SMILES string of the molecule is CCc1nnc(COc2ccc(CC(C)N)nc2)o1. The maximum atomic E-state index is 5.71. The maximum absolute atomic E-state index is 5.71. The van der Waals surface area contributed by atoms with Crippen molar-refractivity contribution in [2.45, 2.75) is 39.3 Å². The molecule has 2 aromatic heterocycles. The van der Waals surface area contributed by atoms with Crippen LogP contribution in [0.5, 0.6) is 5.75 Å². The van der Waals surface area contributed by atoms with Gasteiger partial charge in [-0.2, -0.15) is 0 Å². The molecule has 0 bridgehead atoms.